The fraction of sp³-hybridized carbons (Fsp3) is 0.286. The summed E-state index contributed by atoms with van der Waals surface area (Å²) in [4.78, 5) is 16.0. The highest BCUT2D eigenvalue weighted by molar-refractivity contribution is 6.07. The maximum absolute atomic E-state index is 11.6. The van der Waals surface area contributed by atoms with Crippen LogP contribution in [0.25, 0.3) is 5.57 Å². The molecule has 1 aliphatic heterocycles. The van der Waals surface area contributed by atoms with Crippen molar-refractivity contribution in [3.63, 3.8) is 0 Å². The van der Waals surface area contributed by atoms with Gasteiger partial charge in [-0.05, 0) is 48.7 Å². The van der Waals surface area contributed by atoms with E-state index in [1.807, 2.05) is 30.5 Å². The van der Waals surface area contributed by atoms with Crippen LogP contribution in [0, 0.1) is 12.3 Å². The lowest BCUT2D eigenvalue weighted by atomic mass is 9.97. The van der Waals surface area contributed by atoms with Crippen molar-refractivity contribution in [2.24, 2.45) is 0 Å². The topological polar surface area (TPSA) is 87.1 Å². The summed E-state index contributed by atoms with van der Waals surface area (Å²) in [7, 11) is 1.80. The lowest BCUT2D eigenvalue weighted by Gasteiger charge is -2.10. The molecule has 6 nitrogen and oxygen atoms in total. The van der Waals surface area contributed by atoms with Crippen LogP contribution in [0.3, 0.4) is 0 Å². The first-order valence-corrected chi connectivity index (χ1v) is 8.96. The summed E-state index contributed by atoms with van der Waals surface area (Å²) in [5, 5.41) is 13.8. The van der Waals surface area contributed by atoms with E-state index in [0.29, 0.717) is 12.2 Å². The zero-order valence-electron chi connectivity index (χ0n) is 15.6. The van der Waals surface area contributed by atoms with Gasteiger partial charge in [0.1, 0.15) is 6.61 Å². The van der Waals surface area contributed by atoms with Gasteiger partial charge in [0.25, 0.3) is 0 Å². The molecule has 0 saturated carbocycles. The van der Waals surface area contributed by atoms with E-state index in [4.69, 9.17) is 10.1 Å². The summed E-state index contributed by atoms with van der Waals surface area (Å²) in [5.74, 6) is -0.218. The Morgan fingerprint density at radius 1 is 1.33 bits per heavy atom. The summed E-state index contributed by atoms with van der Waals surface area (Å²) in [6, 6.07) is 7.83. The molecule has 0 radical (unpaired) electrons. The molecule has 0 fully saturated rings. The molecule has 1 aromatic heterocycles. The molecule has 27 heavy (non-hydrogen) atoms. The van der Waals surface area contributed by atoms with Crippen molar-refractivity contribution in [1.29, 1.82) is 5.41 Å². The molecule has 140 valence electrons. The van der Waals surface area contributed by atoms with E-state index >= 15 is 0 Å². The SMILES string of the molecule is CN/C=C(\C=N)c1ccc(CNCCc2ccc3c(c2C)COC3=O)cn1. The first kappa shape index (κ1) is 18.8. The van der Waals surface area contributed by atoms with Crippen LogP contribution in [0.15, 0.2) is 36.7 Å². The van der Waals surface area contributed by atoms with Crippen molar-refractivity contribution in [3.05, 3.63) is 70.2 Å². The minimum atomic E-state index is -0.218. The molecule has 0 atom stereocenters. The zero-order chi connectivity index (χ0) is 19.2. The Labute approximate surface area is 159 Å². The second-order valence-electron chi connectivity index (χ2n) is 6.46. The number of benzene rings is 1. The van der Waals surface area contributed by atoms with Gasteiger partial charge >= 0.3 is 5.97 Å². The van der Waals surface area contributed by atoms with Gasteiger partial charge in [-0.3, -0.25) is 4.98 Å². The highest BCUT2D eigenvalue weighted by Gasteiger charge is 2.23. The molecule has 0 bridgehead atoms. The normalized spacial score (nSPS) is 13.3. The number of nitrogens with zero attached hydrogens (tertiary/aromatic N) is 1. The molecular formula is C21H24N4O2. The Hall–Kier alpha value is -2.99. The van der Waals surface area contributed by atoms with E-state index in [2.05, 4.69) is 22.5 Å². The van der Waals surface area contributed by atoms with E-state index in [0.717, 1.165) is 47.5 Å². The summed E-state index contributed by atoms with van der Waals surface area (Å²) in [6.45, 7) is 4.01. The van der Waals surface area contributed by atoms with E-state index in [1.54, 1.807) is 13.2 Å². The lowest BCUT2D eigenvalue weighted by Crippen LogP contribution is -2.17. The zero-order valence-corrected chi connectivity index (χ0v) is 15.6. The number of aromatic nitrogens is 1. The Bertz CT molecular complexity index is 872. The first-order chi connectivity index (χ1) is 13.1. The molecule has 0 unspecified atom stereocenters. The Morgan fingerprint density at radius 2 is 2.19 bits per heavy atom. The summed E-state index contributed by atoms with van der Waals surface area (Å²) in [6.07, 6.45) is 5.76. The minimum Gasteiger partial charge on any atom is -0.457 e. The van der Waals surface area contributed by atoms with Crippen LogP contribution in [0.2, 0.25) is 0 Å². The van der Waals surface area contributed by atoms with Crippen LogP contribution in [0.5, 0.6) is 0 Å². The smallest absolute Gasteiger partial charge is 0.338 e. The largest absolute Gasteiger partial charge is 0.457 e. The third-order valence-corrected chi connectivity index (χ3v) is 4.75. The number of esters is 1. The maximum atomic E-state index is 11.6. The summed E-state index contributed by atoms with van der Waals surface area (Å²) in [5.41, 5.74) is 6.72. The van der Waals surface area contributed by atoms with Crippen molar-refractivity contribution in [2.45, 2.75) is 26.5 Å². The van der Waals surface area contributed by atoms with Crippen LogP contribution in [0.1, 0.15) is 38.3 Å². The number of carbonyl (C=O) groups is 1. The molecule has 2 heterocycles. The average molecular weight is 364 g/mol. The second kappa shape index (κ2) is 8.60. The number of rotatable bonds is 8. The Morgan fingerprint density at radius 3 is 2.89 bits per heavy atom. The van der Waals surface area contributed by atoms with Crippen molar-refractivity contribution in [2.75, 3.05) is 13.6 Å². The van der Waals surface area contributed by atoms with Gasteiger partial charge in [-0.25, -0.2) is 4.79 Å². The van der Waals surface area contributed by atoms with Gasteiger partial charge in [-0.1, -0.05) is 12.1 Å². The van der Waals surface area contributed by atoms with E-state index < -0.39 is 0 Å². The van der Waals surface area contributed by atoms with Crippen LogP contribution in [-0.4, -0.2) is 30.8 Å². The first-order valence-electron chi connectivity index (χ1n) is 8.96. The molecule has 3 N–H and O–H groups in total. The van der Waals surface area contributed by atoms with E-state index in [1.165, 1.54) is 11.8 Å². The number of hydrogen-bond donors (Lipinski definition) is 3. The molecule has 1 aromatic carbocycles. The van der Waals surface area contributed by atoms with Crippen molar-refractivity contribution < 1.29 is 9.53 Å². The molecule has 6 heteroatoms. The monoisotopic (exact) mass is 364 g/mol. The average Bonchev–Trinajstić information content (AvgIpc) is 3.07. The Balaban J connectivity index is 1.53. The summed E-state index contributed by atoms with van der Waals surface area (Å²) < 4.78 is 5.11. The number of cyclic esters (lactones) is 1. The van der Waals surface area contributed by atoms with Gasteiger partial charge in [0.05, 0.1) is 11.3 Å². The van der Waals surface area contributed by atoms with Gasteiger partial charge in [0.15, 0.2) is 0 Å². The number of carbonyl (C=O) groups excluding carboxylic acids is 1. The predicted molar refractivity (Wildman–Crippen MR) is 106 cm³/mol. The van der Waals surface area contributed by atoms with Gasteiger partial charge < -0.3 is 20.8 Å². The number of hydrogen-bond acceptors (Lipinski definition) is 6. The maximum Gasteiger partial charge on any atom is 0.338 e. The molecule has 0 saturated heterocycles. The summed E-state index contributed by atoms with van der Waals surface area (Å²) >= 11 is 0. The molecule has 0 spiro atoms. The van der Waals surface area contributed by atoms with Crippen LogP contribution in [-0.2, 0) is 24.3 Å². The standard InChI is InChI=1S/C21H24N4O2/c1-14-16(4-5-18-19(14)13-27-21(18)26)7-8-24-10-15-3-6-20(25-11-15)17(9-22)12-23-2/h3-6,9,11-12,22-24H,7-8,10,13H2,1-2H3/b17-12+,22-9?. The van der Waals surface area contributed by atoms with Crippen LogP contribution < -0.4 is 10.6 Å². The van der Waals surface area contributed by atoms with E-state index in [9.17, 15) is 4.79 Å². The third kappa shape index (κ3) is 4.23. The molecule has 2 aromatic rings. The number of allylic oxidation sites excluding steroid dienone is 1. The number of pyridine rings is 1. The number of ether oxygens (including phenoxy) is 1. The highest BCUT2D eigenvalue weighted by Crippen LogP contribution is 2.26. The van der Waals surface area contributed by atoms with Crippen molar-refractivity contribution in [1.82, 2.24) is 15.6 Å². The van der Waals surface area contributed by atoms with Crippen molar-refractivity contribution >= 4 is 17.8 Å². The molecule has 0 aliphatic carbocycles. The van der Waals surface area contributed by atoms with Crippen LogP contribution >= 0.6 is 0 Å². The lowest BCUT2D eigenvalue weighted by molar-refractivity contribution is 0.0535. The highest BCUT2D eigenvalue weighted by atomic mass is 16.5. The van der Waals surface area contributed by atoms with Gasteiger partial charge in [0, 0.05) is 43.3 Å². The van der Waals surface area contributed by atoms with Crippen molar-refractivity contribution in [3.8, 4) is 0 Å². The van der Waals surface area contributed by atoms with Crippen LogP contribution in [0.4, 0.5) is 0 Å². The van der Waals surface area contributed by atoms with Gasteiger partial charge in [-0.15, -0.1) is 0 Å². The number of fused-ring (bicyclic) bond motifs is 1. The molecule has 0 amide bonds. The second-order valence-corrected chi connectivity index (χ2v) is 6.46. The predicted octanol–water partition coefficient (Wildman–Crippen LogP) is 2.60. The van der Waals surface area contributed by atoms with Gasteiger partial charge in [-0.2, -0.15) is 0 Å². The minimum absolute atomic E-state index is 0.218. The molecular weight excluding hydrogens is 340 g/mol. The third-order valence-electron chi connectivity index (χ3n) is 4.75. The quantitative estimate of drug-likeness (QED) is 0.381. The number of nitrogens with one attached hydrogen (secondary N) is 3. The molecule has 1 aliphatic rings. The molecule has 3 rings (SSSR count). The fourth-order valence-electron chi connectivity index (χ4n) is 3.17. The van der Waals surface area contributed by atoms with Gasteiger partial charge in [0.2, 0.25) is 0 Å². The van der Waals surface area contributed by atoms with E-state index in [-0.39, 0.29) is 5.97 Å². The fourth-order valence-corrected chi connectivity index (χ4v) is 3.17. The Kier molecular flexibility index (Phi) is 5.98.